The van der Waals surface area contributed by atoms with Crippen LogP contribution in [0.4, 0.5) is 0 Å². The fourth-order valence-electron chi connectivity index (χ4n) is 2.87. The number of methoxy groups -OCH3 is 1. The summed E-state index contributed by atoms with van der Waals surface area (Å²) in [5.74, 6) is 0.779. The van der Waals surface area contributed by atoms with Gasteiger partial charge in [-0.15, -0.1) is 0 Å². The number of rotatable bonds is 2. The number of carbonyl (C=O) groups excluding carboxylic acids is 1. The molecule has 3 rings (SSSR count). The first kappa shape index (κ1) is 13.7. The molecule has 1 amide bonds. The van der Waals surface area contributed by atoms with E-state index in [1.165, 1.54) is 11.1 Å². The highest BCUT2D eigenvalue weighted by Gasteiger charge is 2.27. The molecule has 21 heavy (non-hydrogen) atoms. The van der Waals surface area contributed by atoms with Gasteiger partial charge in [-0.2, -0.15) is 0 Å². The number of nitrogens with zero attached hydrogens (tertiary/aromatic N) is 1. The lowest BCUT2D eigenvalue weighted by molar-refractivity contribution is 0.0658. The summed E-state index contributed by atoms with van der Waals surface area (Å²) in [4.78, 5) is 14.7. The second-order valence-electron chi connectivity index (χ2n) is 5.49. The molecule has 1 unspecified atom stereocenters. The van der Waals surface area contributed by atoms with Gasteiger partial charge in [0.2, 0.25) is 0 Å². The molecule has 0 bridgehead atoms. The standard InChI is InChI=1S/C18H19NO2/c1-13-10-14-6-3-4-7-16(14)12-19(13)18(20)15-8-5-9-17(11-15)21-2/h3-9,11,13H,10,12H2,1-2H3. The Bertz CT molecular complexity index is 666. The van der Waals surface area contributed by atoms with Gasteiger partial charge in [0.15, 0.2) is 0 Å². The summed E-state index contributed by atoms with van der Waals surface area (Å²) in [6.07, 6.45) is 0.909. The van der Waals surface area contributed by atoms with Crippen LogP contribution in [0.1, 0.15) is 28.4 Å². The summed E-state index contributed by atoms with van der Waals surface area (Å²) in [5, 5.41) is 0. The molecule has 0 spiro atoms. The van der Waals surface area contributed by atoms with E-state index in [1.54, 1.807) is 13.2 Å². The van der Waals surface area contributed by atoms with E-state index in [1.807, 2.05) is 29.2 Å². The van der Waals surface area contributed by atoms with E-state index in [-0.39, 0.29) is 11.9 Å². The third-order valence-electron chi connectivity index (χ3n) is 4.08. The molecule has 0 saturated carbocycles. The van der Waals surface area contributed by atoms with Crippen LogP contribution in [-0.4, -0.2) is 24.0 Å². The van der Waals surface area contributed by atoms with Crippen LogP contribution in [0.3, 0.4) is 0 Å². The molecule has 3 nitrogen and oxygen atoms in total. The summed E-state index contributed by atoms with van der Waals surface area (Å²) < 4.78 is 5.20. The van der Waals surface area contributed by atoms with E-state index in [0.29, 0.717) is 17.9 Å². The molecule has 3 heteroatoms. The Hall–Kier alpha value is -2.29. The third kappa shape index (κ3) is 2.64. The molecule has 0 radical (unpaired) electrons. The van der Waals surface area contributed by atoms with Crippen LogP contribution in [0.15, 0.2) is 48.5 Å². The Morgan fingerprint density at radius 2 is 1.90 bits per heavy atom. The first-order valence-corrected chi connectivity index (χ1v) is 7.21. The highest BCUT2D eigenvalue weighted by molar-refractivity contribution is 5.95. The van der Waals surface area contributed by atoms with Gasteiger partial charge in [0.1, 0.15) is 5.75 Å². The van der Waals surface area contributed by atoms with Crippen LogP contribution in [0.5, 0.6) is 5.75 Å². The zero-order valence-corrected chi connectivity index (χ0v) is 12.4. The SMILES string of the molecule is COc1cccc(C(=O)N2Cc3ccccc3CC2C)c1. The van der Waals surface area contributed by atoms with E-state index in [4.69, 9.17) is 4.74 Å². The number of hydrogen-bond acceptors (Lipinski definition) is 2. The van der Waals surface area contributed by atoms with Gasteiger partial charge in [0, 0.05) is 18.2 Å². The molecule has 0 aromatic heterocycles. The first-order chi connectivity index (χ1) is 10.2. The van der Waals surface area contributed by atoms with Crippen LogP contribution < -0.4 is 4.74 Å². The van der Waals surface area contributed by atoms with Gasteiger partial charge in [0.05, 0.1) is 7.11 Å². The smallest absolute Gasteiger partial charge is 0.254 e. The van der Waals surface area contributed by atoms with E-state index in [2.05, 4.69) is 25.1 Å². The van der Waals surface area contributed by atoms with Crippen LogP contribution in [0.2, 0.25) is 0 Å². The normalized spacial score (nSPS) is 17.2. The van der Waals surface area contributed by atoms with E-state index in [9.17, 15) is 4.79 Å². The summed E-state index contributed by atoms with van der Waals surface area (Å²) in [6, 6.07) is 15.9. The summed E-state index contributed by atoms with van der Waals surface area (Å²) >= 11 is 0. The van der Waals surface area contributed by atoms with Crippen molar-refractivity contribution in [3.63, 3.8) is 0 Å². The maximum atomic E-state index is 12.8. The predicted octanol–water partition coefficient (Wildman–Crippen LogP) is 3.28. The molecular weight excluding hydrogens is 262 g/mol. The van der Waals surface area contributed by atoms with Crippen molar-refractivity contribution in [2.75, 3.05) is 7.11 Å². The van der Waals surface area contributed by atoms with Crippen molar-refractivity contribution in [1.29, 1.82) is 0 Å². The second-order valence-corrected chi connectivity index (χ2v) is 5.49. The predicted molar refractivity (Wildman–Crippen MR) is 82.5 cm³/mol. The van der Waals surface area contributed by atoms with Crippen molar-refractivity contribution in [3.05, 3.63) is 65.2 Å². The summed E-state index contributed by atoms with van der Waals surface area (Å²) in [5.41, 5.74) is 3.27. The molecule has 0 saturated heterocycles. The molecule has 108 valence electrons. The van der Waals surface area contributed by atoms with Crippen LogP contribution >= 0.6 is 0 Å². The van der Waals surface area contributed by atoms with Gasteiger partial charge in [0.25, 0.3) is 5.91 Å². The van der Waals surface area contributed by atoms with Crippen LogP contribution in [0, 0.1) is 0 Å². The minimum atomic E-state index is 0.0657. The molecule has 1 atom stereocenters. The largest absolute Gasteiger partial charge is 0.497 e. The molecule has 0 aliphatic carbocycles. The van der Waals surface area contributed by atoms with Crippen molar-refractivity contribution >= 4 is 5.91 Å². The zero-order chi connectivity index (χ0) is 14.8. The van der Waals surface area contributed by atoms with Crippen molar-refractivity contribution < 1.29 is 9.53 Å². The van der Waals surface area contributed by atoms with Crippen molar-refractivity contribution in [2.45, 2.75) is 25.9 Å². The molecule has 1 aliphatic heterocycles. The Morgan fingerprint density at radius 3 is 2.67 bits per heavy atom. The second kappa shape index (κ2) is 5.60. The quantitative estimate of drug-likeness (QED) is 0.845. The maximum Gasteiger partial charge on any atom is 0.254 e. The van der Waals surface area contributed by atoms with Gasteiger partial charge in [-0.3, -0.25) is 4.79 Å². The van der Waals surface area contributed by atoms with Gasteiger partial charge in [-0.1, -0.05) is 30.3 Å². The van der Waals surface area contributed by atoms with Crippen molar-refractivity contribution in [2.24, 2.45) is 0 Å². The number of hydrogen-bond donors (Lipinski definition) is 0. The Labute approximate surface area is 125 Å². The summed E-state index contributed by atoms with van der Waals surface area (Å²) in [6.45, 7) is 2.78. The number of benzene rings is 2. The lowest BCUT2D eigenvalue weighted by Gasteiger charge is -2.35. The Kier molecular flexibility index (Phi) is 3.65. The molecule has 2 aromatic rings. The molecule has 1 aliphatic rings. The van der Waals surface area contributed by atoms with Gasteiger partial charge in [-0.25, -0.2) is 0 Å². The minimum absolute atomic E-state index is 0.0657. The highest BCUT2D eigenvalue weighted by atomic mass is 16.5. The Morgan fingerprint density at radius 1 is 1.14 bits per heavy atom. The summed E-state index contributed by atoms with van der Waals surface area (Å²) in [7, 11) is 1.61. The first-order valence-electron chi connectivity index (χ1n) is 7.21. The lowest BCUT2D eigenvalue weighted by Crippen LogP contribution is -2.42. The molecule has 2 aromatic carbocycles. The lowest BCUT2D eigenvalue weighted by atomic mass is 9.94. The Balaban J connectivity index is 1.88. The fourth-order valence-corrected chi connectivity index (χ4v) is 2.87. The zero-order valence-electron chi connectivity index (χ0n) is 12.4. The van der Waals surface area contributed by atoms with E-state index < -0.39 is 0 Å². The van der Waals surface area contributed by atoms with Gasteiger partial charge in [-0.05, 0) is 42.7 Å². The monoisotopic (exact) mass is 281 g/mol. The minimum Gasteiger partial charge on any atom is -0.497 e. The third-order valence-corrected chi connectivity index (χ3v) is 4.08. The molecule has 0 fully saturated rings. The number of ether oxygens (including phenoxy) is 1. The average Bonchev–Trinajstić information content (AvgIpc) is 2.53. The number of fused-ring (bicyclic) bond motifs is 1. The van der Waals surface area contributed by atoms with Crippen LogP contribution in [0.25, 0.3) is 0 Å². The van der Waals surface area contributed by atoms with Crippen molar-refractivity contribution in [1.82, 2.24) is 4.90 Å². The van der Waals surface area contributed by atoms with Crippen LogP contribution in [-0.2, 0) is 13.0 Å². The van der Waals surface area contributed by atoms with Gasteiger partial charge >= 0.3 is 0 Å². The van der Waals surface area contributed by atoms with Crippen molar-refractivity contribution in [3.8, 4) is 5.75 Å². The maximum absolute atomic E-state index is 12.8. The topological polar surface area (TPSA) is 29.5 Å². The average molecular weight is 281 g/mol. The molecule has 1 heterocycles. The van der Waals surface area contributed by atoms with E-state index >= 15 is 0 Å². The highest BCUT2D eigenvalue weighted by Crippen LogP contribution is 2.25. The number of amides is 1. The number of carbonyl (C=O) groups is 1. The van der Waals surface area contributed by atoms with E-state index in [0.717, 1.165) is 6.42 Å². The van der Waals surface area contributed by atoms with Gasteiger partial charge < -0.3 is 9.64 Å². The molecular formula is C18H19NO2. The molecule has 0 N–H and O–H groups in total. The fraction of sp³-hybridized carbons (Fsp3) is 0.278.